The van der Waals surface area contributed by atoms with Crippen molar-refractivity contribution in [3.8, 4) is 5.75 Å². The molecule has 0 spiro atoms. The quantitative estimate of drug-likeness (QED) is 0.658. The van der Waals surface area contributed by atoms with E-state index >= 15 is 0 Å². The van der Waals surface area contributed by atoms with E-state index < -0.39 is 5.91 Å². The number of para-hydroxylation sites is 1. The molecule has 3 rings (SSSR count). The van der Waals surface area contributed by atoms with Gasteiger partial charge in [0.1, 0.15) is 11.6 Å². The molecule has 0 aliphatic carbocycles. The number of benzene rings is 3. The Kier molecular flexibility index (Phi) is 6.58. The van der Waals surface area contributed by atoms with E-state index in [1.54, 1.807) is 36.2 Å². The molecule has 29 heavy (non-hydrogen) atoms. The van der Waals surface area contributed by atoms with Gasteiger partial charge in [-0.25, -0.2) is 4.39 Å². The van der Waals surface area contributed by atoms with Crippen molar-refractivity contribution in [1.29, 1.82) is 0 Å². The molecule has 6 heteroatoms. The Hall–Kier alpha value is -3.67. The maximum Gasteiger partial charge on any atom is 0.262 e. The minimum atomic E-state index is -0.406. The monoisotopic (exact) mass is 392 g/mol. The number of rotatable bonds is 7. The highest BCUT2D eigenvalue weighted by molar-refractivity contribution is 5.97. The number of nitrogens with zero attached hydrogens (tertiary/aromatic N) is 1. The summed E-state index contributed by atoms with van der Waals surface area (Å²) >= 11 is 0. The smallest absolute Gasteiger partial charge is 0.262 e. The van der Waals surface area contributed by atoms with Gasteiger partial charge in [-0.2, -0.15) is 0 Å². The molecule has 5 nitrogen and oxygen atoms in total. The van der Waals surface area contributed by atoms with Crippen LogP contribution in [0, 0.1) is 5.82 Å². The molecule has 3 aromatic rings. The molecule has 0 atom stereocenters. The van der Waals surface area contributed by atoms with Crippen LogP contribution in [0.15, 0.2) is 78.9 Å². The van der Waals surface area contributed by atoms with Crippen molar-refractivity contribution in [1.82, 2.24) is 4.90 Å². The second kappa shape index (κ2) is 9.50. The van der Waals surface area contributed by atoms with Gasteiger partial charge in [0.2, 0.25) is 0 Å². The summed E-state index contributed by atoms with van der Waals surface area (Å²) in [4.78, 5) is 26.5. The van der Waals surface area contributed by atoms with E-state index in [9.17, 15) is 14.0 Å². The fourth-order valence-corrected chi connectivity index (χ4v) is 2.78. The summed E-state index contributed by atoms with van der Waals surface area (Å²) in [5, 5.41) is 2.62. The molecule has 0 aliphatic rings. The van der Waals surface area contributed by atoms with Gasteiger partial charge in [-0.15, -0.1) is 0 Å². The van der Waals surface area contributed by atoms with E-state index in [1.807, 2.05) is 30.3 Å². The van der Waals surface area contributed by atoms with Gasteiger partial charge in [-0.1, -0.05) is 42.5 Å². The number of nitrogens with one attached hydrogen (secondary N) is 1. The van der Waals surface area contributed by atoms with Crippen LogP contribution in [-0.2, 0) is 11.3 Å². The summed E-state index contributed by atoms with van der Waals surface area (Å²) in [7, 11) is 1.72. The second-order valence-corrected chi connectivity index (χ2v) is 6.49. The number of halogens is 1. The van der Waals surface area contributed by atoms with Crippen LogP contribution in [0.4, 0.5) is 10.1 Å². The van der Waals surface area contributed by atoms with Crippen molar-refractivity contribution in [2.75, 3.05) is 19.0 Å². The molecule has 0 aliphatic heterocycles. The maximum absolute atomic E-state index is 12.9. The first-order chi connectivity index (χ1) is 14.0. The van der Waals surface area contributed by atoms with Crippen LogP contribution in [0.5, 0.6) is 5.75 Å². The maximum atomic E-state index is 12.9. The average molecular weight is 392 g/mol. The van der Waals surface area contributed by atoms with Crippen molar-refractivity contribution in [2.45, 2.75) is 6.54 Å². The zero-order valence-corrected chi connectivity index (χ0v) is 16.0. The Balaban J connectivity index is 1.62. The highest BCUT2D eigenvalue weighted by atomic mass is 19.1. The van der Waals surface area contributed by atoms with Gasteiger partial charge in [0, 0.05) is 19.3 Å². The van der Waals surface area contributed by atoms with E-state index in [2.05, 4.69) is 5.32 Å². The highest BCUT2D eigenvalue weighted by Crippen LogP contribution is 2.20. The molecule has 148 valence electrons. The molecule has 0 saturated heterocycles. The Labute approximate surface area is 168 Å². The van der Waals surface area contributed by atoms with Gasteiger partial charge in [0.05, 0.1) is 5.56 Å². The van der Waals surface area contributed by atoms with Crippen molar-refractivity contribution in [3.63, 3.8) is 0 Å². The van der Waals surface area contributed by atoms with Gasteiger partial charge >= 0.3 is 0 Å². The first-order valence-corrected chi connectivity index (χ1v) is 9.09. The van der Waals surface area contributed by atoms with Crippen molar-refractivity contribution < 1.29 is 18.7 Å². The van der Waals surface area contributed by atoms with Crippen LogP contribution < -0.4 is 10.1 Å². The molecule has 0 heterocycles. The van der Waals surface area contributed by atoms with E-state index in [0.29, 0.717) is 23.5 Å². The number of hydrogen-bond acceptors (Lipinski definition) is 3. The molecule has 3 aromatic carbocycles. The highest BCUT2D eigenvalue weighted by Gasteiger charge is 2.17. The fraction of sp³-hybridized carbons (Fsp3) is 0.130. The van der Waals surface area contributed by atoms with Crippen LogP contribution in [0.2, 0.25) is 0 Å². The van der Waals surface area contributed by atoms with Gasteiger partial charge in [0.25, 0.3) is 11.8 Å². The van der Waals surface area contributed by atoms with Crippen molar-refractivity contribution in [2.24, 2.45) is 0 Å². The minimum Gasteiger partial charge on any atom is -0.483 e. The van der Waals surface area contributed by atoms with Crippen LogP contribution in [0.1, 0.15) is 15.9 Å². The third-order valence-electron chi connectivity index (χ3n) is 4.21. The largest absolute Gasteiger partial charge is 0.483 e. The van der Waals surface area contributed by atoms with E-state index in [4.69, 9.17) is 4.74 Å². The summed E-state index contributed by atoms with van der Waals surface area (Å²) in [5.41, 5.74) is 1.85. The average Bonchev–Trinajstić information content (AvgIpc) is 2.74. The van der Waals surface area contributed by atoms with E-state index in [0.717, 1.165) is 5.56 Å². The number of carbonyl (C=O) groups excluding carboxylic acids is 2. The Morgan fingerprint density at radius 1 is 0.931 bits per heavy atom. The Morgan fingerprint density at radius 2 is 1.59 bits per heavy atom. The van der Waals surface area contributed by atoms with E-state index in [-0.39, 0.29) is 18.3 Å². The summed E-state index contributed by atoms with van der Waals surface area (Å²) in [6.45, 7) is 0.184. The number of anilines is 1. The number of hydrogen-bond donors (Lipinski definition) is 1. The molecule has 2 amide bonds. The van der Waals surface area contributed by atoms with Crippen LogP contribution >= 0.6 is 0 Å². The summed E-state index contributed by atoms with van der Waals surface area (Å²) < 4.78 is 18.5. The van der Waals surface area contributed by atoms with Crippen LogP contribution in [-0.4, -0.2) is 30.4 Å². The zero-order valence-electron chi connectivity index (χ0n) is 16.0. The zero-order chi connectivity index (χ0) is 20.6. The van der Waals surface area contributed by atoms with E-state index in [1.165, 1.54) is 24.3 Å². The molecule has 0 saturated carbocycles. The first kappa shape index (κ1) is 20.1. The van der Waals surface area contributed by atoms with Gasteiger partial charge in [0.15, 0.2) is 6.61 Å². The lowest BCUT2D eigenvalue weighted by molar-refractivity contribution is -0.118. The molecule has 0 radical (unpaired) electrons. The lowest BCUT2D eigenvalue weighted by Gasteiger charge is -2.19. The lowest BCUT2D eigenvalue weighted by atomic mass is 10.1. The molecular formula is C23H21FN2O3. The van der Waals surface area contributed by atoms with Gasteiger partial charge in [-0.3, -0.25) is 9.59 Å². The van der Waals surface area contributed by atoms with Gasteiger partial charge in [-0.05, 0) is 42.0 Å². The Morgan fingerprint density at radius 3 is 2.31 bits per heavy atom. The summed E-state index contributed by atoms with van der Waals surface area (Å²) in [6, 6.07) is 21.9. The third kappa shape index (κ3) is 5.65. The molecule has 1 N–H and O–H groups in total. The van der Waals surface area contributed by atoms with Crippen LogP contribution in [0.25, 0.3) is 0 Å². The predicted molar refractivity (Wildman–Crippen MR) is 109 cm³/mol. The Bertz CT molecular complexity index is 975. The molecule has 0 aromatic heterocycles. The minimum absolute atomic E-state index is 0.205. The standard InChI is InChI=1S/C23H21FN2O3/c1-26(15-17-7-3-2-4-8-17)23(28)20-9-5-6-10-21(20)29-16-22(27)25-19-13-11-18(24)12-14-19/h2-14H,15-16H2,1H3,(H,25,27). The topological polar surface area (TPSA) is 58.6 Å². The molecule has 0 unspecified atom stereocenters. The first-order valence-electron chi connectivity index (χ1n) is 9.09. The summed E-state index contributed by atoms with van der Waals surface area (Å²) in [6.07, 6.45) is 0. The number of amides is 2. The van der Waals surface area contributed by atoms with Crippen LogP contribution in [0.3, 0.4) is 0 Å². The number of carbonyl (C=O) groups is 2. The third-order valence-corrected chi connectivity index (χ3v) is 4.21. The second-order valence-electron chi connectivity index (χ2n) is 6.49. The van der Waals surface area contributed by atoms with Crippen molar-refractivity contribution >= 4 is 17.5 Å². The van der Waals surface area contributed by atoms with Gasteiger partial charge < -0.3 is 15.0 Å². The normalized spacial score (nSPS) is 10.3. The lowest BCUT2D eigenvalue weighted by Crippen LogP contribution is -2.27. The molecule has 0 fully saturated rings. The van der Waals surface area contributed by atoms with Crippen molar-refractivity contribution in [3.05, 3.63) is 95.8 Å². The molecule has 0 bridgehead atoms. The molecular weight excluding hydrogens is 371 g/mol. The SMILES string of the molecule is CN(Cc1ccccc1)C(=O)c1ccccc1OCC(=O)Nc1ccc(F)cc1. The number of ether oxygens (including phenoxy) is 1. The fourth-order valence-electron chi connectivity index (χ4n) is 2.78. The summed E-state index contributed by atoms with van der Waals surface area (Å²) in [5.74, 6) is -0.669. The predicted octanol–water partition coefficient (Wildman–Crippen LogP) is 4.12.